The molecule has 0 unspecified atom stereocenters. The minimum Gasteiger partial charge on any atom is -0.309 e. The summed E-state index contributed by atoms with van der Waals surface area (Å²) in [5.74, 6) is 0.906. The number of fused-ring (bicyclic) bond motifs is 1. The summed E-state index contributed by atoms with van der Waals surface area (Å²) < 4.78 is 2.05. The average molecular weight is 262 g/mol. The lowest BCUT2D eigenvalue weighted by Gasteiger charge is -2.28. The molecule has 0 saturated heterocycles. The van der Waals surface area contributed by atoms with Gasteiger partial charge in [-0.25, -0.2) is 9.97 Å². The van der Waals surface area contributed by atoms with E-state index in [4.69, 9.17) is 0 Å². The molecular formula is C14H22N4O. The first-order valence-electron chi connectivity index (χ1n) is 6.90. The molecule has 104 valence electrons. The molecule has 19 heavy (non-hydrogen) atoms. The summed E-state index contributed by atoms with van der Waals surface area (Å²) in [6.45, 7) is 10.5. The lowest BCUT2D eigenvalue weighted by molar-refractivity contribution is 0.301. The molecule has 0 radical (unpaired) electrons. The summed E-state index contributed by atoms with van der Waals surface area (Å²) >= 11 is 0. The van der Waals surface area contributed by atoms with Crippen molar-refractivity contribution in [2.24, 2.45) is 0 Å². The largest absolute Gasteiger partial charge is 0.309 e. The molecule has 0 amide bonds. The summed E-state index contributed by atoms with van der Waals surface area (Å²) in [5, 5.41) is 0. The second kappa shape index (κ2) is 4.79. The van der Waals surface area contributed by atoms with E-state index >= 15 is 0 Å². The number of hydrogen-bond donors (Lipinski definition) is 1. The number of imidazole rings is 1. The zero-order chi connectivity index (χ0) is 14.2. The van der Waals surface area contributed by atoms with Crippen LogP contribution in [0.25, 0.3) is 11.2 Å². The highest BCUT2D eigenvalue weighted by molar-refractivity contribution is 5.69. The van der Waals surface area contributed by atoms with Gasteiger partial charge >= 0.3 is 0 Å². The van der Waals surface area contributed by atoms with Gasteiger partial charge in [0.25, 0.3) is 5.56 Å². The van der Waals surface area contributed by atoms with Crippen LogP contribution in [0.15, 0.2) is 11.1 Å². The van der Waals surface area contributed by atoms with E-state index in [1.807, 2.05) is 18.4 Å². The van der Waals surface area contributed by atoms with Crippen molar-refractivity contribution in [1.82, 2.24) is 19.5 Å². The quantitative estimate of drug-likeness (QED) is 0.921. The molecule has 0 aliphatic carbocycles. The molecular weight excluding hydrogens is 240 g/mol. The number of aromatic amines is 1. The first-order chi connectivity index (χ1) is 8.92. The first-order valence-corrected chi connectivity index (χ1v) is 6.90. The number of hydrogen-bond acceptors (Lipinski definition) is 3. The van der Waals surface area contributed by atoms with Gasteiger partial charge in [0, 0.05) is 11.5 Å². The normalized spacial score (nSPS) is 12.5. The van der Waals surface area contributed by atoms with E-state index in [1.54, 1.807) is 6.33 Å². The van der Waals surface area contributed by atoms with Crippen molar-refractivity contribution in [3.8, 4) is 0 Å². The van der Waals surface area contributed by atoms with Crippen LogP contribution in [0.3, 0.4) is 0 Å². The fourth-order valence-electron chi connectivity index (χ4n) is 2.19. The predicted molar refractivity (Wildman–Crippen MR) is 76.5 cm³/mol. The molecule has 0 atom stereocenters. The molecule has 0 saturated carbocycles. The average Bonchev–Trinajstić information content (AvgIpc) is 2.82. The molecule has 0 fully saturated rings. The van der Waals surface area contributed by atoms with Crippen LogP contribution in [0.5, 0.6) is 0 Å². The Balaban J connectivity index is 2.74. The second-order valence-corrected chi connectivity index (χ2v) is 5.60. The van der Waals surface area contributed by atoms with Crippen molar-refractivity contribution < 1.29 is 0 Å². The fraction of sp³-hybridized carbons (Fsp3) is 0.643. The van der Waals surface area contributed by atoms with Crippen LogP contribution in [-0.4, -0.2) is 19.5 Å². The van der Waals surface area contributed by atoms with Gasteiger partial charge in [0.1, 0.15) is 5.82 Å². The molecule has 0 bridgehead atoms. The van der Waals surface area contributed by atoms with E-state index in [2.05, 4.69) is 35.7 Å². The van der Waals surface area contributed by atoms with Crippen LogP contribution in [0.4, 0.5) is 0 Å². The third-order valence-electron chi connectivity index (χ3n) is 4.08. The Morgan fingerprint density at radius 3 is 2.53 bits per heavy atom. The van der Waals surface area contributed by atoms with Gasteiger partial charge in [-0.1, -0.05) is 27.7 Å². The Morgan fingerprint density at radius 1 is 1.37 bits per heavy atom. The highest BCUT2D eigenvalue weighted by Crippen LogP contribution is 2.27. The molecule has 2 rings (SSSR count). The van der Waals surface area contributed by atoms with Crippen molar-refractivity contribution in [2.45, 2.75) is 58.9 Å². The highest BCUT2D eigenvalue weighted by Gasteiger charge is 2.25. The highest BCUT2D eigenvalue weighted by atomic mass is 16.1. The summed E-state index contributed by atoms with van der Waals surface area (Å²) in [6.07, 6.45) is 3.69. The SMILES string of the molecule is CCC(C)(CC)n1cnc2c(=O)[nH]c(C(C)C)nc21. The lowest BCUT2D eigenvalue weighted by Crippen LogP contribution is -2.28. The van der Waals surface area contributed by atoms with Gasteiger partial charge in [0.15, 0.2) is 11.2 Å². The number of H-pyrrole nitrogens is 1. The zero-order valence-corrected chi connectivity index (χ0v) is 12.3. The molecule has 2 aromatic rings. The van der Waals surface area contributed by atoms with Crippen molar-refractivity contribution in [3.05, 3.63) is 22.5 Å². The maximum Gasteiger partial charge on any atom is 0.279 e. The first kappa shape index (κ1) is 13.8. The molecule has 0 aromatic carbocycles. The van der Waals surface area contributed by atoms with Crippen LogP contribution in [0, 0.1) is 0 Å². The van der Waals surface area contributed by atoms with Gasteiger partial charge in [0.2, 0.25) is 0 Å². The van der Waals surface area contributed by atoms with Crippen LogP contribution >= 0.6 is 0 Å². The Kier molecular flexibility index (Phi) is 3.47. The number of aromatic nitrogens is 4. The summed E-state index contributed by atoms with van der Waals surface area (Å²) in [7, 11) is 0. The third kappa shape index (κ3) is 2.17. The van der Waals surface area contributed by atoms with Gasteiger partial charge in [-0.2, -0.15) is 0 Å². The van der Waals surface area contributed by atoms with Gasteiger partial charge in [-0.05, 0) is 19.8 Å². The Labute approximate surface area is 113 Å². The number of rotatable bonds is 4. The predicted octanol–water partition coefficient (Wildman–Crippen LogP) is 2.78. The number of nitrogens with zero attached hydrogens (tertiary/aromatic N) is 3. The van der Waals surface area contributed by atoms with E-state index in [1.165, 1.54) is 0 Å². The van der Waals surface area contributed by atoms with Crippen LogP contribution in [-0.2, 0) is 5.54 Å². The van der Waals surface area contributed by atoms with Crippen molar-refractivity contribution in [3.63, 3.8) is 0 Å². The third-order valence-corrected chi connectivity index (χ3v) is 4.08. The second-order valence-electron chi connectivity index (χ2n) is 5.60. The van der Waals surface area contributed by atoms with E-state index in [0.29, 0.717) is 17.0 Å². The Morgan fingerprint density at radius 2 is 2.00 bits per heavy atom. The molecule has 5 heteroatoms. The lowest BCUT2D eigenvalue weighted by atomic mass is 9.95. The van der Waals surface area contributed by atoms with Crippen LogP contribution < -0.4 is 5.56 Å². The minimum atomic E-state index is -0.151. The van der Waals surface area contributed by atoms with E-state index in [0.717, 1.165) is 12.8 Å². The minimum absolute atomic E-state index is 0.0518. The van der Waals surface area contributed by atoms with E-state index in [-0.39, 0.29) is 17.0 Å². The van der Waals surface area contributed by atoms with Crippen molar-refractivity contribution >= 4 is 11.2 Å². The maximum atomic E-state index is 12.0. The van der Waals surface area contributed by atoms with Crippen LogP contribution in [0.2, 0.25) is 0 Å². The van der Waals surface area contributed by atoms with Crippen LogP contribution in [0.1, 0.15) is 59.2 Å². The summed E-state index contributed by atoms with van der Waals surface area (Å²) in [5.41, 5.74) is 0.919. The van der Waals surface area contributed by atoms with Gasteiger partial charge in [-0.3, -0.25) is 4.79 Å². The van der Waals surface area contributed by atoms with E-state index < -0.39 is 0 Å². The molecule has 2 heterocycles. The van der Waals surface area contributed by atoms with Gasteiger partial charge in [-0.15, -0.1) is 0 Å². The zero-order valence-electron chi connectivity index (χ0n) is 12.3. The standard InChI is InChI=1S/C14H22N4O/c1-6-14(5,7-2)18-8-15-10-12(18)16-11(9(3)4)17-13(10)19/h8-9H,6-7H2,1-5H3,(H,16,17,19). The molecule has 2 aromatic heterocycles. The molecule has 0 spiro atoms. The fourth-order valence-corrected chi connectivity index (χ4v) is 2.19. The van der Waals surface area contributed by atoms with Crippen molar-refractivity contribution in [2.75, 3.05) is 0 Å². The number of nitrogens with one attached hydrogen (secondary N) is 1. The maximum absolute atomic E-state index is 12.0. The summed E-state index contributed by atoms with van der Waals surface area (Å²) in [4.78, 5) is 23.7. The molecule has 0 aliphatic heterocycles. The molecule has 1 N–H and O–H groups in total. The van der Waals surface area contributed by atoms with E-state index in [9.17, 15) is 4.79 Å². The van der Waals surface area contributed by atoms with Crippen molar-refractivity contribution in [1.29, 1.82) is 0 Å². The molecule has 5 nitrogen and oxygen atoms in total. The van der Waals surface area contributed by atoms with Gasteiger partial charge in [0.05, 0.1) is 6.33 Å². The topological polar surface area (TPSA) is 63.6 Å². The molecule has 0 aliphatic rings. The Hall–Kier alpha value is -1.65. The smallest absolute Gasteiger partial charge is 0.279 e. The Bertz CT molecular complexity index is 634. The monoisotopic (exact) mass is 262 g/mol. The summed E-state index contributed by atoms with van der Waals surface area (Å²) in [6, 6.07) is 0. The van der Waals surface area contributed by atoms with Gasteiger partial charge < -0.3 is 9.55 Å².